The summed E-state index contributed by atoms with van der Waals surface area (Å²) in [7, 11) is 0. The largest absolute Gasteiger partial charge is 0.300 e. The van der Waals surface area contributed by atoms with Crippen molar-refractivity contribution in [3.05, 3.63) is 11.4 Å². The molecule has 1 amide bonds. The monoisotopic (exact) mass is 152 g/mol. The molecule has 1 saturated heterocycles. The predicted octanol–water partition coefficient (Wildman–Crippen LogP) is 1.26. The first-order valence-electron chi connectivity index (χ1n) is 3.95. The maximum atomic E-state index is 11.2. The van der Waals surface area contributed by atoms with E-state index in [-0.39, 0.29) is 12.1 Å². The van der Waals surface area contributed by atoms with Gasteiger partial charge in [-0.2, -0.15) is 0 Å². The molecule has 1 heterocycles. The highest BCUT2D eigenvalue weighted by Crippen LogP contribution is 2.18. The molecule has 0 saturated carbocycles. The van der Waals surface area contributed by atoms with E-state index in [1.165, 1.54) is 0 Å². The van der Waals surface area contributed by atoms with E-state index in [1.54, 1.807) is 4.90 Å². The van der Waals surface area contributed by atoms with Crippen LogP contribution in [-0.4, -0.2) is 23.5 Å². The third-order valence-corrected chi connectivity index (χ3v) is 1.99. The quantitative estimate of drug-likeness (QED) is 0.519. The molecule has 0 aromatic heterocycles. The number of hydrogen-bond donors (Lipinski definition) is 0. The number of carbonyl (C=O) groups excluding carboxylic acids is 1. The summed E-state index contributed by atoms with van der Waals surface area (Å²) < 4.78 is 0. The maximum absolute atomic E-state index is 11.2. The third-order valence-electron chi connectivity index (χ3n) is 1.99. The van der Waals surface area contributed by atoms with Gasteiger partial charge in [-0.15, -0.1) is 0 Å². The van der Waals surface area contributed by atoms with Gasteiger partial charge in [-0.3, -0.25) is 14.5 Å². The molecule has 0 unspecified atom stereocenters. The van der Waals surface area contributed by atoms with Crippen LogP contribution in [0.5, 0.6) is 0 Å². The zero-order valence-electron chi connectivity index (χ0n) is 6.71. The Morgan fingerprint density at radius 3 is 3.09 bits per heavy atom. The van der Waals surface area contributed by atoms with Crippen molar-refractivity contribution in [3.63, 3.8) is 0 Å². The molecule has 1 aliphatic heterocycles. The van der Waals surface area contributed by atoms with Crippen LogP contribution in [0.3, 0.4) is 0 Å². The lowest BCUT2D eigenvalue weighted by molar-refractivity contribution is -0.130. The maximum Gasteiger partial charge on any atom is 0.300 e. The molecule has 1 rings (SSSR count). The Balaban J connectivity index is 2.58. The van der Waals surface area contributed by atoms with E-state index in [9.17, 15) is 4.79 Å². The van der Waals surface area contributed by atoms with Crippen LogP contribution in [-0.2, 0) is 4.79 Å². The van der Waals surface area contributed by atoms with Crippen LogP contribution in [0.25, 0.3) is 4.85 Å². The van der Waals surface area contributed by atoms with Crippen molar-refractivity contribution in [2.45, 2.75) is 32.4 Å². The summed E-state index contributed by atoms with van der Waals surface area (Å²) in [6, 6.07) is 0. The third kappa shape index (κ3) is 1.51. The van der Waals surface area contributed by atoms with Gasteiger partial charge < -0.3 is 0 Å². The molecule has 1 fully saturated rings. The average Bonchev–Trinajstić information content (AvgIpc) is 2.50. The fraction of sp³-hybridized carbons (Fsp3) is 0.750. The molecule has 11 heavy (non-hydrogen) atoms. The van der Waals surface area contributed by atoms with Crippen molar-refractivity contribution in [2.24, 2.45) is 0 Å². The summed E-state index contributed by atoms with van der Waals surface area (Å²) in [6.45, 7) is 9.44. The van der Waals surface area contributed by atoms with Crippen molar-refractivity contribution in [1.29, 1.82) is 0 Å². The molecule has 0 spiro atoms. The minimum Gasteiger partial charge on any atom is -0.290 e. The Labute approximate surface area is 66.8 Å². The zero-order valence-corrected chi connectivity index (χ0v) is 6.71. The van der Waals surface area contributed by atoms with Gasteiger partial charge >= 0.3 is 6.17 Å². The molecule has 60 valence electrons. The summed E-state index contributed by atoms with van der Waals surface area (Å²) in [4.78, 5) is 16.2. The van der Waals surface area contributed by atoms with Gasteiger partial charge in [-0.25, -0.2) is 6.57 Å². The Morgan fingerprint density at radius 1 is 1.82 bits per heavy atom. The topological polar surface area (TPSA) is 24.7 Å². The molecule has 0 bridgehead atoms. The van der Waals surface area contributed by atoms with Crippen molar-refractivity contribution in [2.75, 3.05) is 6.54 Å². The van der Waals surface area contributed by atoms with Crippen molar-refractivity contribution < 1.29 is 4.79 Å². The number of hydrogen-bond acceptors (Lipinski definition) is 1. The first kappa shape index (κ1) is 8.06. The van der Waals surface area contributed by atoms with Gasteiger partial charge in [0.25, 0.3) is 0 Å². The highest BCUT2D eigenvalue weighted by molar-refractivity contribution is 5.76. The van der Waals surface area contributed by atoms with Gasteiger partial charge in [0.1, 0.15) is 0 Å². The number of rotatable bonds is 1. The van der Waals surface area contributed by atoms with Crippen molar-refractivity contribution >= 4 is 5.91 Å². The fourth-order valence-electron chi connectivity index (χ4n) is 1.38. The summed E-state index contributed by atoms with van der Waals surface area (Å²) in [5.41, 5.74) is 0. The SMILES string of the molecule is [C-]#[N+][C@@H]1CCCN1C(=O)CC. The van der Waals surface area contributed by atoms with Gasteiger partial charge in [0.2, 0.25) is 5.91 Å². The van der Waals surface area contributed by atoms with E-state index >= 15 is 0 Å². The smallest absolute Gasteiger partial charge is 0.290 e. The van der Waals surface area contributed by atoms with Crippen molar-refractivity contribution in [3.8, 4) is 0 Å². The lowest BCUT2D eigenvalue weighted by Gasteiger charge is -2.14. The molecule has 0 aromatic carbocycles. The molecule has 1 atom stereocenters. The van der Waals surface area contributed by atoms with E-state index in [0.29, 0.717) is 6.42 Å². The van der Waals surface area contributed by atoms with Crippen LogP contribution < -0.4 is 0 Å². The van der Waals surface area contributed by atoms with E-state index in [1.807, 2.05) is 6.92 Å². The molecule has 0 aromatic rings. The molecule has 3 heteroatoms. The molecule has 0 aliphatic carbocycles. The van der Waals surface area contributed by atoms with Crippen LogP contribution in [0.4, 0.5) is 0 Å². The first-order chi connectivity index (χ1) is 5.29. The van der Waals surface area contributed by atoms with Crippen LogP contribution in [0, 0.1) is 6.57 Å². The van der Waals surface area contributed by atoms with Gasteiger partial charge in [0.15, 0.2) is 0 Å². The van der Waals surface area contributed by atoms with Gasteiger partial charge in [0, 0.05) is 19.4 Å². The number of likely N-dealkylation sites (tertiary alicyclic amines) is 1. The van der Waals surface area contributed by atoms with Gasteiger partial charge in [-0.1, -0.05) is 6.92 Å². The zero-order chi connectivity index (χ0) is 8.27. The summed E-state index contributed by atoms with van der Waals surface area (Å²) in [6.07, 6.45) is 2.20. The predicted molar refractivity (Wildman–Crippen MR) is 41.6 cm³/mol. The molecule has 0 radical (unpaired) electrons. The Hall–Kier alpha value is -1.04. The van der Waals surface area contributed by atoms with Crippen LogP contribution >= 0.6 is 0 Å². The van der Waals surface area contributed by atoms with E-state index < -0.39 is 0 Å². The minimum absolute atomic E-state index is 0.114. The van der Waals surface area contributed by atoms with E-state index in [0.717, 1.165) is 19.4 Å². The van der Waals surface area contributed by atoms with E-state index in [2.05, 4.69) is 4.85 Å². The molecule has 1 aliphatic rings. The van der Waals surface area contributed by atoms with Gasteiger partial charge in [0.05, 0.1) is 0 Å². The second-order valence-corrected chi connectivity index (χ2v) is 2.69. The number of nitrogens with zero attached hydrogens (tertiary/aromatic N) is 2. The Bertz CT molecular complexity index is 195. The average molecular weight is 152 g/mol. The first-order valence-corrected chi connectivity index (χ1v) is 3.95. The Morgan fingerprint density at radius 2 is 2.55 bits per heavy atom. The lowest BCUT2D eigenvalue weighted by atomic mass is 10.3. The fourth-order valence-corrected chi connectivity index (χ4v) is 1.38. The van der Waals surface area contributed by atoms with Crippen LogP contribution in [0.1, 0.15) is 26.2 Å². The molecular weight excluding hydrogens is 140 g/mol. The second kappa shape index (κ2) is 3.38. The summed E-state index contributed by atoms with van der Waals surface area (Å²) >= 11 is 0. The number of amides is 1. The normalized spacial score (nSPS) is 23.3. The second-order valence-electron chi connectivity index (χ2n) is 2.69. The highest BCUT2D eigenvalue weighted by atomic mass is 16.2. The van der Waals surface area contributed by atoms with E-state index in [4.69, 9.17) is 6.57 Å². The summed E-state index contributed by atoms with van der Waals surface area (Å²) in [5, 5.41) is 0. The van der Waals surface area contributed by atoms with Gasteiger partial charge in [-0.05, 0) is 6.42 Å². The lowest BCUT2D eigenvalue weighted by Crippen LogP contribution is -2.32. The van der Waals surface area contributed by atoms with Crippen LogP contribution in [0.15, 0.2) is 0 Å². The number of carbonyl (C=O) groups is 1. The molecule has 3 nitrogen and oxygen atoms in total. The standard InChI is InChI=1S/C8H12N2O/c1-3-8(11)10-6-4-5-7(10)9-2/h7H,3-6H2,1H3/t7-/m0/s1. The van der Waals surface area contributed by atoms with Crippen LogP contribution in [0.2, 0.25) is 0 Å². The highest BCUT2D eigenvalue weighted by Gasteiger charge is 2.31. The van der Waals surface area contributed by atoms with Crippen molar-refractivity contribution in [1.82, 2.24) is 4.90 Å². The summed E-state index contributed by atoms with van der Waals surface area (Å²) in [5.74, 6) is 0.114. The molecule has 0 N–H and O–H groups in total. The minimum atomic E-state index is -0.164. The molecular formula is C8H12N2O. The Kier molecular flexibility index (Phi) is 2.48.